The number of fused-ring (bicyclic) bond motifs is 1. The summed E-state index contributed by atoms with van der Waals surface area (Å²) in [6, 6.07) is 11.4. The van der Waals surface area contributed by atoms with E-state index in [9.17, 15) is 4.57 Å². The predicted octanol–water partition coefficient (Wildman–Crippen LogP) is 5.30. The van der Waals surface area contributed by atoms with Gasteiger partial charge >= 0.3 is 0 Å². The molecule has 2 atom stereocenters. The van der Waals surface area contributed by atoms with E-state index in [0.717, 1.165) is 16.4 Å². The van der Waals surface area contributed by atoms with E-state index in [1.807, 2.05) is 71.0 Å². The van der Waals surface area contributed by atoms with Crippen LogP contribution in [0.2, 0.25) is 0 Å². The summed E-state index contributed by atoms with van der Waals surface area (Å²) in [5.74, 6) is 1.35. The molecule has 2 aromatic rings. The van der Waals surface area contributed by atoms with Gasteiger partial charge < -0.3 is 23.5 Å². The highest BCUT2D eigenvalue weighted by molar-refractivity contribution is 7.74. The van der Waals surface area contributed by atoms with Crippen molar-refractivity contribution in [3.8, 4) is 28.4 Å². The van der Waals surface area contributed by atoms with Crippen molar-refractivity contribution in [3.05, 3.63) is 36.4 Å². The third kappa shape index (κ3) is 3.25. The number of hydrogen-bond donors (Lipinski definition) is 0. The minimum Gasteiger partial charge on any atom is -0.496 e. The molecule has 0 N–H and O–H groups in total. The highest BCUT2D eigenvalue weighted by atomic mass is 31.2. The lowest BCUT2D eigenvalue weighted by Gasteiger charge is -2.39. The van der Waals surface area contributed by atoms with E-state index in [2.05, 4.69) is 0 Å². The van der Waals surface area contributed by atoms with Gasteiger partial charge in [0.1, 0.15) is 22.8 Å². The van der Waals surface area contributed by atoms with Crippen molar-refractivity contribution < 1.29 is 23.5 Å². The number of hydrogen-bond acceptors (Lipinski definition) is 5. The van der Waals surface area contributed by atoms with Gasteiger partial charge in [-0.1, -0.05) is 39.0 Å². The lowest BCUT2D eigenvalue weighted by Crippen LogP contribution is -2.44. The van der Waals surface area contributed by atoms with Crippen molar-refractivity contribution in [1.29, 1.82) is 0 Å². The molecule has 5 nitrogen and oxygen atoms in total. The molecule has 0 spiro atoms. The van der Waals surface area contributed by atoms with E-state index >= 15 is 0 Å². The Kier molecular flexibility index (Phi) is 5.53. The Bertz CT molecular complexity index is 936. The second-order valence-corrected chi connectivity index (χ2v) is 12.4. The van der Waals surface area contributed by atoms with Gasteiger partial charge in [0.2, 0.25) is 0 Å². The lowest BCUT2D eigenvalue weighted by molar-refractivity contribution is -0.0315. The third-order valence-electron chi connectivity index (χ3n) is 5.71. The van der Waals surface area contributed by atoms with Gasteiger partial charge in [0, 0.05) is 17.8 Å². The predicted molar refractivity (Wildman–Crippen MR) is 117 cm³/mol. The van der Waals surface area contributed by atoms with Crippen LogP contribution in [0, 0.1) is 0 Å². The molecule has 0 amide bonds. The zero-order valence-corrected chi connectivity index (χ0v) is 19.4. The Balaban J connectivity index is 2.39. The largest absolute Gasteiger partial charge is 0.496 e. The number of methoxy groups -OCH3 is 3. The summed E-state index contributed by atoms with van der Waals surface area (Å²) in [7, 11) is 1.76. The molecule has 1 aliphatic rings. The highest BCUT2D eigenvalue weighted by Gasteiger charge is 2.59. The number of rotatable bonds is 5. The van der Waals surface area contributed by atoms with Crippen LogP contribution in [-0.2, 0) is 9.30 Å². The minimum atomic E-state index is -3.11. The Hall–Kier alpha value is -1.97. The van der Waals surface area contributed by atoms with Crippen LogP contribution in [0.3, 0.4) is 0 Å². The fourth-order valence-electron chi connectivity index (χ4n) is 3.96. The molecule has 1 heterocycles. The Morgan fingerprint density at radius 2 is 1.45 bits per heavy atom. The molecule has 0 fully saturated rings. The van der Waals surface area contributed by atoms with Crippen molar-refractivity contribution in [1.82, 2.24) is 0 Å². The first-order valence-corrected chi connectivity index (χ1v) is 11.5. The maximum atomic E-state index is 14.9. The van der Waals surface area contributed by atoms with Crippen LogP contribution in [0.1, 0.15) is 34.6 Å². The zero-order valence-electron chi connectivity index (χ0n) is 18.5. The third-order valence-corrected chi connectivity index (χ3v) is 10.2. The molecule has 158 valence electrons. The first-order valence-electron chi connectivity index (χ1n) is 9.69. The second-order valence-electron chi connectivity index (χ2n) is 8.80. The van der Waals surface area contributed by atoms with E-state index in [0.29, 0.717) is 17.2 Å². The fraction of sp³-hybridized carbons (Fsp3) is 0.478. The summed E-state index contributed by atoms with van der Waals surface area (Å²) < 4.78 is 38.2. The van der Waals surface area contributed by atoms with Crippen LogP contribution in [0.25, 0.3) is 11.1 Å². The molecule has 0 radical (unpaired) electrons. The molecular formula is C23H31O5P. The molecule has 3 rings (SSSR count). The second kappa shape index (κ2) is 7.37. The molecule has 29 heavy (non-hydrogen) atoms. The molecule has 2 aromatic carbocycles. The van der Waals surface area contributed by atoms with E-state index in [1.165, 1.54) is 0 Å². The molecule has 0 saturated carbocycles. The maximum absolute atomic E-state index is 14.9. The summed E-state index contributed by atoms with van der Waals surface area (Å²) in [4.78, 5) is 0. The minimum absolute atomic E-state index is 0.538. The van der Waals surface area contributed by atoms with E-state index < -0.39 is 23.7 Å². The van der Waals surface area contributed by atoms with Gasteiger partial charge in [-0.3, -0.25) is 0 Å². The van der Waals surface area contributed by atoms with Crippen molar-refractivity contribution in [2.75, 3.05) is 21.3 Å². The highest BCUT2D eigenvalue weighted by Crippen LogP contribution is 2.69. The van der Waals surface area contributed by atoms with E-state index in [4.69, 9.17) is 18.9 Å². The van der Waals surface area contributed by atoms with Gasteiger partial charge in [-0.2, -0.15) is 0 Å². The van der Waals surface area contributed by atoms with Crippen molar-refractivity contribution in [2.45, 2.75) is 51.2 Å². The molecule has 1 aliphatic heterocycles. The quantitative estimate of drug-likeness (QED) is 0.617. The van der Waals surface area contributed by atoms with Gasteiger partial charge in [-0.15, -0.1) is 0 Å². The van der Waals surface area contributed by atoms with Crippen LogP contribution in [-0.4, -0.2) is 37.9 Å². The maximum Gasteiger partial charge on any atom is 0.184 e. The monoisotopic (exact) mass is 418 g/mol. The van der Waals surface area contributed by atoms with Crippen molar-refractivity contribution in [2.24, 2.45) is 0 Å². The molecular weight excluding hydrogens is 387 g/mol. The number of benzene rings is 2. The molecule has 0 saturated heterocycles. The Morgan fingerprint density at radius 3 is 1.93 bits per heavy atom. The Labute approximate surface area is 173 Å². The lowest BCUT2D eigenvalue weighted by atomic mass is 10.0. The molecule has 0 bridgehead atoms. The number of ether oxygens (including phenoxy) is 4. The van der Waals surface area contributed by atoms with Gasteiger partial charge in [0.15, 0.2) is 13.0 Å². The Morgan fingerprint density at radius 1 is 0.897 bits per heavy atom. The van der Waals surface area contributed by atoms with Crippen molar-refractivity contribution in [3.63, 3.8) is 0 Å². The molecule has 0 aromatic heterocycles. The summed E-state index contributed by atoms with van der Waals surface area (Å²) in [6.07, 6.45) is 0. The van der Waals surface area contributed by atoms with Gasteiger partial charge in [-0.25, -0.2) is 0 Å². The van der Waals surface area contributed by atoms with Crippen LogP contribution < -0.4 is 19.5 Å². The average Bonchev–Trinajstić information content (AvgIpc) is 3.02. The molecule has 6 heteroatoms. The summed E-state index contributed by atoms with van der Waals surface area (Å²) in [5.41, 5.74) is 0.854. The standard InChI is InChI=1S/C23H31O5P/c1-22(2,3)29(24)20-15(19-16(25-6)12-10-13-17(19)26-7)11-9-14-18(20)28-21(29)23(4,5)27-8/h9-14,21H,1-8H3/t21-,29?/m0/s1. The topological polar surface area (TPSA) is 54.0 Å². The van der Waals surface area contributed by atoms with E-state index in [-0.39, 0.29) is 0 Å². The van der Waals surface area contributed by atoms with Crippen LogP contribution >= 0.6 is 7.14 Å². The van der Waals surface area contributed by atoms with Crippen molar-refractivity contribution >= 4 is 12.4 Å². The first-order chi connectivity index (χ1) is 13.5. The molecule has 1 unspecified atom stereocenters. The summed E-state index contributed by atoms with van der Waals surface area (Å²) in [5, 5.41) is 0.190. The normalized spacial score (nSPS) is 21.4. The van der Waals surface area contributed by atoms with Gasteiger partial charge in [0.05, 0.1) is 25.1 Å². The average molecular weight is 418 g/mol. The van der Waals surface area contributed by atoms with Crippen LogP contribution in [0.5, 0.6) is 17.2 Å². The first kappa shape index (κ1) is 21.7. The van der Waals surface area contributed by atoms with Gasteiger partial charge in [-0.05, 0) is 32.0 Å². The zero-order chi connectivity index (χ0) is 21.6. The summed E-state index contributed by atoms with van der Waals surface area (Å²) >= 11 is 0. The molecule has 0 aliphatic carbocycles. The van der Waals surface area contributed by atoms with Crippen LogP contribution in [0.15, 0.2) is 36.4 Å². The van der Waals surface area contributed by atoms with Crippen LogP contribution in [0.4, 0.5) is 0 Å². The smallest absolute Gasteiger partial charge is 0.184 e. The van der Waals surface area contributed by atoms with E-state index in [1.54, 1.807) is 21.3 Å². The summed E-state index contributed by atoms with van der Waals surface area (Å²) in [6.45, 7) is 9.85. The SMILES string of the molecule is COc1cccc(OC)c1-c1cccc2c1P(=O)(C(C)(C)C)[C@@H](C(C)(C)OC)O2. The van der Waals surface area contributed by atoms with Gasteiger partial charge in [0.25, 0.3) is 0 Å². The fourth-order valence-corrected chi connectivity index (χ4v) is 7.81.